The number of unbranched alkanes of at least 4 members (excludes halogenated alkanes) is 4. The quantitative estimate of drug-likeness (QED) is 0.105. The van der Waals surface area contributed by atoms with Crippen molar-refractivity contribution >= 4 is 35.9 Å². The molecule has 14 heteroatoms. The van der Waals surface area contributed by atoms with Gasteiger partial charge in [-0.1, -0.05) is 82.0 Å². The van der Waals surface area contributed by atoms with Crippen LogP contribution in [0.5, 0.6) is 0 Å². The molecule has 266 valence electrons. The molecule has 0 amide bonds. The molecule has 0 spiro atoms. The predicted octanol–water partition coefficient (Wildman–Crippen LogP) is 3.31. The van der Waals surface area contributed by atoms with Crippen LogP contribution < -0.4 is 0 Å². The molecule has 0 aromatic heterocycles. The summed E-state index contributed by atoms with van der Waals surface area (Å²) in [6, 6.07) is 9.52. The summed E-state index contributed by atoms with van der Waals surface area (Å²) in [4.78, 5) is 62.4. The number of esters is 2. The minimum absolute atomic E-state index is 0.0205. The van der Waals surface area contributed by atoms with Crippen LogP contribution in [0.3, 0.4) is 0 Å². The number of carbonyl (C=O) groups is 5. The van der Waals surface area contributed by atoms with Gasteiger partial charge in [0.2, 0.25) is 23.1 Å². The SMILES string of the molecule is CCCCCCCC(=O)O[C@@H]1[C@@H](O)C2(CCCC(OC(C)=O)C(C)C/C=C/c3ccccc3)OC(C(=O)O)C(O)(C(=O)O)C1(C(=O)O)O2. The number of ether oxygens (including phenoxy) is 4. The topological polar surface area (TPSA) is 223 Å². The number of aliphatic hydroxyl groups is 2. The molecule has 2 saturated heterocycles. The average Bonchev–Trinajstić information content (AvgIpc) is 3.24. The maximum atomic E-state index is 12.9. The van der Waals surface area contributed by atoms with Crippen LogP contribution in [0, 0.1) is 5.92 Å². The Morgan fingerprint density at radius 2 is 1.65 bits per heavy atom. The van der Waals surface area contributed by atoms with E-state index in [0.29, 0.717) is 19.3 Å². The number of aliphatic hydroxyl groups excluding tert-OH is 1. The Labute approximate surface area is 278 Å². The number of fused-ring (bicyclic) bond motifs is 2. The normalized spacial score (nSPS) is 29.2. The second-order valence-electron chi connectivity index (χ2n) is 12.4. The summed E-state index contributed by atoms with van der Waals surface area (Å²) < 4.78 is 22.0. The molecule has 2 aliphatic heterocycles. The van der Waals surface area contributed by atoms with Crippen molar-refractivity contribution in [3.05, 3.63) is 42.0 Å². The smallest absolute Gasteiger partial charge is 0.344 e. The molecule has 2 bridgehead atoms. The molecular formula is C34H46O14. The highest BCUT2D eigenvalue weighted by Crippen LogP contribution is 2.55. The fourth-order valence-corrected chi connectivity index (χ4v) is 6.38. The number of aliphatic carboxylic acids is 3. The summed E-state index contributed by atoms with van der Waals surface area (Å²) >= 11 is 0. The lowest BCUT2D eigenvalue weighted by Crippen LogP contribution is -2.78. The molecule has 0 radical (unpaired) electrons. The Morgan fingerprint density at radius 1 is 0.979 bits per heavy atom. The summed E-state index contributed by atoms with van der Waals surface area (Å²) in [6.07, 6.45) is -0.582. The van der Waals surface area contributed by atoms with Gasteiger partial charge in [0.05, 0.1) is 0 Å². The van der Waals surface area contributed by atoms with E-state index in [1.807, 2.05) is 56.3 Å². The van der Waals surface area contributed by atoms with Crippen LogP contribution >= 0.6 is 0 Å². The number of carboxylic acids is 3. The van der Waals surface area contributed by atoms with Crippen molar-refractivity contribution in [3.63, 3.8) is 0 Å². The van der Waals surface area contributed by atoms with Gasteiger partial charge in [-0.25, -0.2) is 14.4 Å². The second kappa shape index (κ2) is 16.5. The van der Waals surface area contributed by atoms with E-state index in [0.717, 1.165) is 24.8 Å². The van der Waals surface area contributed by atoms with E-state index in [1.165, 1.54) is 6.92 Å². The molecule has 1 aromatic rings. The first kappa shape index (κ1) is 38.6. The van der Waals surface area contributed by atoms with Gasteiger partial charge in [0.15, 0.2) is 6.10 Å². The molecule has 48 heavy (non-hydrogen) atoms. The number of hydrogen-bond donors (Lipinski definition) is 5. The van der Waals surface area contributed by atoms with E-state index in [1.54, 1.807) is 0 Å². The fraction of sp³-hybridized carbons (Fsp3) is 0.618. The number of benzene rings is 1. The number of carboxylic acid groups (broad SMARTS) is 3. The molecule has 8 atom stereocenters. The Morgan fingerprint density at radius 3 is 2.23 bits per heavy atom. The van der Waals surface area contributed by atoms with Crippen molar-refractivity contribution in [2.24, 2.45) is 5.92 Å². The molecule has 5 N–H and O–H groups in total. The monoisotopic (exact) mass is 678 g/mol. The molecule has 2 fully saturated rings. The summed E-state index contributed by atoms with van der Waals surface area (Å²) in [5.41, 5.74) is -6.34. The van der Waals surface area contributed by atoms with Crippen molar-refractivity contribution in [1.82, 2.24) is 0 Å². The lowest BCUT2D eigenvalue weighted by Gasteiger charge is -2.48. The summed E-state index contributed by atoms with van der Waals surface area (Å²) in [5, 5.41) is 53.2. The van der Waals surface area contributed by atoms with E-state index in [2.05, 4.69) is 0 Å². The lowest BCUT2D eigenvalue weighted by molar-refractivity contribution is -0.374. The van der Waals surface area contributed by atoms with Gasteiger partial charge in [-0.3, -0.25) is 9.59 Å². The zero-order valence-electron chi connectivity index (χ0n) is 27.4. The fourth-order valence-electron chi connectivity index (χ4n) is 6.38. The molecule has 2 heterocycles. The van der Waals surface area contributed by atoms with E-state index < -0.39 is 77.7 Å². The van der Waals surface area contributed by atoms with Gasteiger partial charge in [0, 0.05) is 19.8 Å². The van der Waals surface area contributed by atoms with Gasteiger partial charge in [0.1, 0.15) is 12.2 Å². The van der Waals surface area contributed by atoms with E-state index in [4.69, 9.17) is 18.9 Å². The van der Waals surface area contributed by atoms with Gasteiger partial charge < -0.3 is 44.5 Å². The van der Waals surface area contributed by atoms with Gasteiger partial charge in [-0.05, 0) is 37.2 Å². The Kier molecular flexibility index (Phi) is 13.3. The largest absolute Gasteiger partial charge is 0.479 e. The third-order valence-electron chi connectivity index (χ3n) is 8.93. The van der Waals surface area contributed by atoms with Crippen molar-refractivity contribution in [3.8, 4) is 0 Å². The van der Waals surface area contributed by atoms with E-state index >= 15 is 0 Å². The standard InChI is InChI=1S/C34H46O14/c1-4-5-6-7-11-19-25(36)46-27-26(37)32(47-28(29(38)39)33(44,30(40)41)34(27,48-32)31(42)43)20-13-18-24(45-22(3)35)21(2)14-12-17-23-15-9-8-10-16-23/h8-10,12,15-17,21,24,26-28,37,44H,4-7,11,13-14,18-20H2,1-3H3,(H,38,39)(H,40,41)(H,42,43)/b17-12+/t21?,24?,26-,27-,28?,32?,33?,34?/m1/s1. The molecular weight excluding hydrogens is 632 g/mol. The van der Waals surface area contributed by atoms with Gasteiger partial charge >= 0.3 is 29.8 Å². The van der Waals surface area contributed by atoms with E-state index in [9.17, 15) is 49.5 Å². The van der Waals surface area contributed by atoms with Crippen molar-refractivity contribution in [2.75, 3.05) is 0 Å². The summed E-state index contributed by atoms with van der Waals surface area (Å²) in [6.45, 7) is 5.09. The molecule has 1 aromatic carbocycles. The molecule has 0 saturated carbocycles. The summed E-state index contributed by atoms with van der Waals surface area (Å²) in [5.74, 6) is -10.9. The van der Waals surface area contributed by atoms with Crippen LogP contribution in [0.25, 0.3) is 6.08 Å². The Hall–Kier alpha value is -3.85. The Bertz CT molecular complexity index is 1330. The van der Waals surface area contributed by atoms with Crippen LogP contribution in [-0.2, 0) is 42.9 Å². The Balaban J connectivity index is 1.89. The minimum atomic E-state index is -3.84. The van der Waals surface area contributed by atoms with Crippen LogP contribution in [0.2, 0.25) is 0 Å². The summed E-state index contributed by atoms with van der Waals surface area (Å²) in [7, 11) is 0. The highest BCUT2D eigenvalue weighted by molar-refractivity contribution is 5.98. The lowest BCUT2D eigenvalue weighted by atomic mass is 9.74. The third-order valence-corrected chi connectivity index (χ3v) is 8.93. The highest BCUT2D eigenvalue weighted by Gasteiger charge is 2.85. The predicted molar refractivity (Wildman–Crippen MR) is 167 cm³/mol. The number of rotatable bonds is 19. The van der Waals surface area contributed by atoms with Crippen molar-refractivity contribution in [2.45, 2.75) is 126 Å². The van der Waals surface area contributed by atoms with Crippen LogP contribution in [0.1, 0.15) is 90.5 Å². The molecule has 2 aliphatic rings. The molecule has 6 unspecified atom stereocenters. The van der Waals surface area contributed by atoms with Crippen LogP contribution in [0.4, 0.5) is 0 Å². The molecule has 3 rings (SSSR count). The second-order valence-corrected chi connectivity index (χ2v) is 12.4. The van der Waals surface area contributed by atoms with E-state index in [-0.39, 0.29) is 25.2 Å². The molecule has 14 nitrogen and oxygen atoms in total. The first-order chi connectivity index (χ1) is 22.7. The van der Waals surface area contributed by atoms with Crippen molar-refractivity contribution in [1.29, 1.82) is 0 Å². The average molecular weight is 679 g/mol. The van der Waals surface area contributed by atoms with Gasteiger partial charge in [-0.2, -0.15) is 0 Å². The van der Waals surface area contributed by atoms with Gasteiger partial charge in [0.25, 0.3) is 0 Å². The van der Waals surface area contributed by atoms with Gasteiger partial charge in [-0.15, -0.1) is 0 Å². The van der Waals surface area contributed by atoms with Crippen LogP contribution in [0.15, 0.2) is 36.4 Å². The number of carbonyl (C=O) groups excluding carboxylic acids is 2. The third kappa shape index (κ3) is 8.05. The molecule has 0 aliphatic carbocycles. The first-order valence-corrected chi connectivity index (χ1v) is 16.2. The maximum absolute atomic E-state index is 12.9. The maximum Gasteiger partial charge on any atom is 0.344 e. The zero-order valence-corrected chi connectivity index (χ0v) is 27.4. The van der Waals surface area contributed by atoms with Crippen LogP contribution in [-0.4, -0.2) is 96.8 Å². The highest BCUT2D eigenvalue weighted by atomic mass is 16.8. The first-order valence-electron chi connectivity index (χ1n) is 16.2. The zero-order chi connectivity index (χ0) is 35.7. The van der Waals surface area contributed by atoms with Crippen molar-refractivity contribution < 1.29 is 68.5 Å². The number of hydrogen-bond acceptors (Lipinski definition) is 11. The number of allylic oxidation sites excluding steroid dienone is 1. The minimum Gasteiger partial charge on any atom is -0.479 e.